The lowest BCUT2D eigenvalue weighted by Gasteiger charge is -2.10. The molecule has 0 aliphatic carbocycles. The van der Waals surface area contributed by atoms with Crippen molar-refractivity contribution < 1.29 is 4.74 Å². The molecule has 0 bridgehead atoms. The van der Waals surface area contributed by atoms with E-state index in [1.807, 2.05) is 18.2 Å². The van der Waals surface area contributed by atoms with E-state index in [9.17, 15) is 0 Å². The van der Waals surface area contributed by atoms with Crippen LogP contribution in [0.15, 0.2) is 42.6 Å². The minimum absolute atomic E-state index is 0.0756. The summed E-state index contributed by atoms with van der Waals surface area (Å²) >= 11 is 5.99. The van der Waals surface area contributed by atoms with Crippen LogP contribution in [-0.4, -0.2) is 10.8 Å². The fourth-order valence-electron chi connectivity index (χ4n) is 1.51. The predicted octanol–water partition coefficient (Wildman–Crippen LogP) is 2.60. The van der Waals surface area contributed by atoms with Gasteiger partial charge in [-0.1, -0.05) is 29.8 Å². The Morgan fingerprint density at radius 1 is 1.28 bits per heavy atom. The Labute approximate surface area is 110 Å². The molecular formula is C13H12ClN3O. The summed E-state index contributed by atoms with van der Waals surface area (Å²) in [5, 5.41) is 7.98. The molecule has 0 unspecified atom stereocenters. The molecule has 0 amide bonds. The van der Waals surface area contributed by atoms with Gasteiger partial charge in [0.05, 0.1) is 5.02 Å². The fourth-order valence-corrected chi connectivity index (χ4v) is 1.71. The van der Waals surface area contributed by atoms with Crippen LogP contribution in [0.25, 0.3) is 0 Å². The number of nitrogens with one attached hydrogen (secondary N) is 1. The fraction of sp³-hybridized carbons (Fsp3) is 0.0769. The molecule has 0 saturated carbocycles. The van der Waals surface area contributed by atoms with Gasteiger partial charge in [0.2, 0.25) is 0 Å². The maximum Gasteiger partial charge on any atom is 0.142 e. The number of pyridine rings is 1. The Morgan fingerprint density at radius 2 is 2.06 bits per heavy atom. The highest BCUT2D eigenvalue weighted by molar-refractivity contribution is 6.32. The molecule has 92 valence electrons. The zero-order chi connectivity index (χ0) is 13.0. The quantitative estimate of drug-likeness (QED) is 0.656. The third-order valence-corrected chi connectivity index (χ3v) is 2.68. The average Bonchev–Trinajstić information content (AvgIpc) is 2.38. The number of amidine groups is 1. The number of benzene rings is 1. The van der Waals surface area contributed by atoms with Crippen LogP contribution in [0.4, 0.5) is 0 Å². The standard InChI is InChI=1S/C13H12ClN3O/c14-10-5-1-2-6-11(10)18-8-9-4-3-7-17-12(9)13(15)16/h1-7H,8H2,(H3,15,16). The van der Waals surface area contributed by atoms with E-state index in [1.54, 1.807) is 24.4 Å². The van der Waals surface area contributed by atoms with E-state index in [2.05, 4.69) is 4.98 Å². The van der Waals surface area contributed by atoms with E-state index in [1.165, 1.54) is 0 Å². The van der Waals surface area contributed by atoms with Gasteiger partial charge in [0.1, 0.15) is 23.9 Å². The smallest absolute Gasteiger partial charge is 0.142 e. The molecule has 0 saturated heterocycles. The lowest BCUT2D eigenvalue weighted by atomic mass is 10.2. The number of rotatable bonds is 4. The Balaban J connectivity index is 2.16. The van der Waals surface area contributed by atoms with Gasteiger partial charge in [0.15, 0.2) is 0 Å². The number of nitrogens with two attached hydrogens (primary N) is 1. The van der Waals surface area contributed by atoms with Gasteiger partial charge in [0.25, 0.3) is 0 Å². The van der Waals surface area contributed by atoms with Crippen molar-refractivity contribution in [3.63, 3.8) is 0 Å². The third-order valence-electron chi connectivity index (χ3n) is 2.37. The first-order valence-corrected chi connectivity index (χ1v) is 5.72. The molecule has 2 aromatic rings. The molecule has 0 radical (unpaired) electrons. The van der Waals surface area contributed by atoms with E-state index < -0.39 is 0 Å². The van der Waals surface area contributed by atoms with Gasteiger partial charge in [0, 0.05) is 11.8 Å². The summed E-state index contributed by atoms with van der Waals surface area (Å²) in [5.74, 6) is 0.519. The Morgan fingerprint density at radius 3 is 2.78 bits per heavy atom. The molecule has 0 fully saturated rings. The van der Waals surface area contributed by atoms with Crippen molar-refractivity contribution in [1.82, 2.24) is 4.98 Å². The van der Waals surface area contributed by atoms with Crippen LogP contribution in [0.2, 0.25) is 5.02 Å². The third kappa shape index (κ3) is 2.78. The molecule has 2 rings (SSSR count). The number of nitrogens with zero attached hydrogens (tertiary/aromatic N) is 1. The molecule has 3 N–H and O–H groups in total. The van der Waals surface area contributed by atoms with Crippen molar-refractivity contribution in [3.05, 3.63) is 58.9 Å². The molecule has 1 heterocycles. The zero-order valence-electron chi connectivity index (χ0n) is 9.56. The van der Waals surface area contributed by atoms with Crippen molar-refractivity contribution in [3.8, 4) is 5.75 Å². The van der Waals surface area contributed by atoms with E-state index in [4.69, 9.17) is 27.5 Å². The summed E-state index contributed by atoms with van der Waals surface area (Å²) in [6.07, 6.45) is 1.59. The van der Waals surface area contributed by atoms with Gasteiger partial charge in [-0.3, -0.25) is 10.4 Å². The normalized spacial score (nSPS) is 10.1. The first kappa shape index (κ1) is 12.4. The van der Waals surface area contributed by atoms with Crippen molar-refractivity contribution in [2.24, 2.45) is 5.73 Å². The number of hydrogen-bond acceptors (Lipinski definition) is 3. The Bertz CT molecular complexity index is 572. The van der Waals surface area contributed by atoms with Crippen molar-refractivity contribution in [1.29, 1.82) is 5.41 Å². The molecular weight excluding hydrogens is 250 g/mol. The number of hydrogen-bond donors (Lipinski definition) is 2. The molecule has 18 heavy (non-hydrogen) atoms. The second-order valence-corrected chi connectivity index (χ2v) is 4.05. The first-order valence-electron chi connectivity index (χ1n) is 5.34. The number of aromatic nitrogens is 1. The van der Waals surface area contributed by atoms with Gasteiger partial charge < -0.3 is 10.5 Å². The van der Waals surface area contributed by atoms with Crippen molar-refractivity contribution in [2.45, 2.75) is 6.61 Å². The van der Waals surface area contributed by atoms with Gasteiger partial charge in [-0.05, 0) is 18.2 Å². The second-order valence-electron chi connectivity index (χ2n) is 3.64. The van der Waals surface area contributed by atoms with Crippen LogP contribution < -0.4 is 10.5 Å². The molecule has 1 aromatic carbocycles. The minimum atomic E-state index is -0.0756. The molecule has 0 aliphatic heterocycles. The van der Waals surface area contributed by atoms with Gasteiger partial charge >= 0.3 is 0 Å². The second kappa shape index (κ2) is 5.51. The highest BCUT2D eigenvalue weighted by Crippen LogP contribution is 2.24. The lowest BCUT2D eigenvalue weighted by Crippen LogP contribution is -2.16. The zero-order valence-corrected chi connectivity index (χ0v) is 10.3. The highest BCUT2D eigenvalue weighted by atomic mass is 35.5. The minimum Gasteiger partial charge on any atom is -0.487 e. The molecule has 5 heteroatoms. The molecule has 4 nitrogen and oxygen atoms in total. The Kier molecular flexibility index (Phi) is 3.79. The van der Waals surface area contributed by atoms with Crippen LogP contribution >= 0.6 is 11.6 Å². The lowest BCUT2D eigenvalue weighted by molar-refractivity contribution is 0.305. The summed E-state index contributed by atoms with van der Waals surface area (Å²) in [4.78, 5) is 4.05. The maximum atomic E-state index is 7.44. The van der Waals surface area contributed by atoms with Crippen molar-refractivity contribution >= 4 is 17.4 Å². The van der Waals surface area contributed by atoms with Crippen molar-refractivity contribution in [2.75, 3.05) is 0 Å². The highest BCUT2D eigenvalue weighted by Gasteiger charge is 2.07. The average molecular weight is 262 g/mol. The summed E-state index contributed by atoms with van der Waals surface area (Å²) in [7, 11) is 0. The summed E-state index contributed by atoms with van der Waals surface area (Å²) in [6, 6.07) is 10.8. The summed E-state index contributed by atoms with van der Waals surface area (Å²) in [6.45, 7) is 0.270. The molecule has 0 aliphatic rings. The predicted molar refractivity (Wildman–Crippen MR) is 71.0 cm³/mol. The first-order chi connectivity index (χ1) is 8.68. The van der Waals surface area contributed by atoms with E-state index in [-0.39, 0.29) is 12.4 Å². The number of halogens is 1. The van der Waals surface area contributed by atoms with Crippen LogP contribution in [0.1, 0.15) is 11.3 Å². The van der Waals surface area contributed by atoms with Crippen LogP contribution in [0.5, 0.6) is 5.75 Å². The molecule has 0 atom stereocenters. The SMILES string of the molecule is N=C(N)c1ncccc1COc1ccccc1Cl. The molecule has 0 spiro atoms. The van der Waals surface area contributed by atoms with Crippen LogP contribution in [0.3, 0.4) is 0 Å². The molecule has 1 aromatic heterocycles. The summed E-state index contributed by atoms with van der Waals surface area (Å²) in [5.41, 5.74) is 6.64. The van der Waals surface area contributed by atoms with Crippen LogP contribution in [0, 0.1) is 5.41 Å². The van der Waals surface area contributed by atoms with E-state index in [0.29, 0.717) is 16.5 Å². The van der Waals surface area contributed by atoms with Gasteiger partial charge in [-0.25, -0.2) is 0 Å². The number of nitrogen functional groups attached to an aromatic ring is 1. The topological polar surface area (TPSA) is 72.0 Å². The largest absolute Gasteiger partial charge is 0.487 e. The monoisotopic (exact) mass is 261 g/mol. The van der Waals surface area contributed by atoms with Gasteiger partial charge in [-0.2, -0.15) is 0 Å². The Hall–Kier alpha value is -2.07. The number of ether oxygens (including phenoxy) is 1. The van der Waals surface area contributed by atoms with E-state index in [0.717, 1.165) is 5.56 Å². The van der Waals surface area contributed by atoms with Crippen LogP contribution in [-0.2, 0) is 6.61 Å². The number of para-hydroxylation sites is 1. The summed E-state index contributed by atoms with van der Waals surface area (Å²) < 4.78 is 5.59. The van der Waals surface area contributed by atoms with Gasteiger partial charge in [-0.15, -0.1) is 0 Å². The maximum absolute atomic E-state index is 7.44. The van der Waals surface area contributed by atoms with E-state index >= 15 is 0 Å².